The van der Waals surface area contributed by atoms with E-state index in [9.17, 15) is 9.59 Å². The highest BCUT2D eigenvalue weighted by Gasteiger charge is 2.14. The van der Waals surface area contributed by atoms with Gasteiger partial charge in [-0.15, -0.1) is 0 Å². The van der Waals surface area contributed by atoms with Crippen LogP contribution in [0.3, 0.4) is 0 Å². The minimum absolute atomic E-state index is 0.144. The van der Waals surface area contributed by atoms with Gasteiger partial charge in [0.1, 0.15) is 11.6 Å². The van der Waals surface area contributed by atoms with Crippen LogP contribution in [0.1, 0.15) is 13.3 Å². The number of aromatic nitrogens is 2. The fraction of sp³-hybridized carbons (Fsp3) is 0.455. The summed E-state index contributed by atoms with van der Waals surface area (Å²) in [6.45, 7) is 2.49. The van der Waals surface area contributed by atoms with Gasteiger partial charge in [-0.2, -0.15) is 0 Å². The van der Waals surface area contributed by atoms with Crippen LogP contribution in [0.5, 0.6) is 0 Å². The summed E-state index contributed by atoms with van der Waals surface area (Å²) >= 11 is 0. The minimum Gasteiger partial charge on any atom is -0.369 e. The van der Waals surface area contributed by atoms with Crippen molar-refractivity contribution in [2.24, 2.45) is 11.5 Å². The van der Waals surface area contributed by atoms with E-state index in [1.165, 1.54) is 11.1 Å². The van der Waals surface area contributed by atoms with Crippen LogP contribution in [-0.4, -0.2) is 41.4 Å². The van der Waals surface area contributed by atoms with E-state index < -0.39 is 11.8 Å². The van der Waals surface area contributed by atoms with E-state index >= 15 is 0 Å². The first-order valence-electron chi connectivity index (χ1n) is 5.90. The van der Waals surface area contributed by atoms with Crippen LogP contribution in [0.2, 0.25) is 0 Å². The van der Waals surface area contributed by atoms with Crippen LogP contribution in [0, 0.1) is 0 Å². The zero-order chi connectivity index (χ0) is 14.3. The van der Waals surface area contributed by atoms with E-state index in [0.717, 1.165) is 13.0 Å². The monoisotopic (exact) mass is 266 g/mol. The summed E-state index contributed by atoms with van der Waals surface area (Å²) in [6.07, 6.45) is 3.95. The molecule has 1 heterocycles. The Labute approximate surface area is 111 Å². The molecule has 2 amide bonds. The molecule has 0 aliphatic rings. The first-order chi connectivity index (χ1) is 9.02. The lowest BCUT2D eigenvalue weighted by atomic mass is 10.4. The maximum atomic E-state index is 11.0. The number of hydrogen-bond donors (Lipinski definition) is 3. The molecule has 0 saturated carbocycles. The Morgan fingerprint density at radius 2 is 1.89 bits per heavy atom. The van der Waals surface area contributed by atoms with E-state index in [1.807, 2.05) is 6.92 Å². The summed E-state index contributed by atoms with van der Waals surface area (Å²) < 4.78 is 0. The third kappa shape index (κ3) is 5.19. The average Bonchev–Trinajstić information content (AvgIpc) is 2.35. The van der Waals surface area contributed by atoms with Gasteiger partial charge in [0.25, 0.3) is 0 Å². The van der Waals surface area contributed by atoms with Crippen molar-refractivity contribution in [2.75, 3.05) is 29.9 Å². The first kappa shape index (κ1) is 14.7. The highest BCUT2D eigenvalue weighted by Crippen LogP contribution is 2.11. The van der Waals surface area contributed by atoms with Gasteiger partial charge in [0, 0.05) is 6.54 Å². The second-order valence-corrected chi connectivity index (χ2v) is 3.98. The van der Waals surface area contributed by atoms with Crippen LogP contribution < -0.4 is 21.7 Å². The van der Waals surface area contributed by atoms with Crippen LogP contribution in [0.25, 0.3) is 0 Å². The number of carbonyl (C=O) groups is 2. The van der Waals surface area contributed by atoms with Gasteiger partial charge in [-0.3, -0.25) is 14.6 Å². The van der Waals surface area contributed by atoms with E-state index in [0.29, 0.717) is 11.6 Å². The van der Waals surface area contributed by atoms with E-state index in [1.54, 1.807) is 6.20 Å². The maximum absolute atomic E-state index is 11.0. The molecule has 0 unspecified atom stereocenters. The molecule has 0 radical (unpaired) electrons. The van der Waals surface area contributed by atoms with Crippen molar-refractivity contribution in [3.05, 3.63) is 12.4 Å². The second-order valence-electron chi connectivity index (χ2n) is 3.98. The molecule has 19 heavy (non-hydrogen) atoms. The number of anilines is 2. The Morgan fingerprint density at radius 3 is 2.42 bits per heavy atom. The number of nitrogens with two attached hydrogens (primary N) is 2. The molecule has 8 heteroatoms. The van der Waals surface area contributed by atoms with Crippen molar-refractivity contribution >= 4 is 23.5 Å². The number of amides is 2. The molecular formula is C11H18N6O2. The number of primary amides is 2. The van der Waals surface area contributed by atoms with Gasteiger partial charge in [0.15, 0.2) is 0 Å². The van der Waals surface area contributed by atoms with Crippen LogP contribution in [0.15, 0.2) is 12.4 Å². The van der Waals surface area contributed by atoms with Crippen molar-refractivity contribution < 1.29 is 9.59 Å². The lowest BCUT2D eigenvalue weighted by Gasteiger charge is -2.20. The highest BCUT2D eigenvalue weighted by atomic mass is 16.2. The molecule has 0 bridgehead atoms. The van der Waals surface area contributed by atoms with E-state index in [2.05, 4.69) is 15.3 Å². The number of carbonyl (C=O) groups excluding carboxylic acids is 2. The van der Waals surface area contributed by atoms with Gasteiger partial charge in [-0.1, -0.05) is 6.92 Å². The highest BCUT2D eigenvalue weighted by molar-refractivity contribution is 5.84. The Morgan fingerprint density at radius 1 is 1.26 bits per heavy atom. The van der Waals surface area contributed by atoms with Crippen molar-refractivity contribution in [3.8, 4) is 0 Å². The molecule has 0 saturated heterocycles. The fourth-order valence-electron chi connectivity index (χ4n) is 1.44. The molecule has 104 valence electrons. The Hall–Kier alpha value is -2.38. The summed E-state index contributed by atoms with van der Waals surface area (Å²) in [4.78, 5) is 31.6. The van der Waals surface area contributed by atoms with Crippen LogP contribution in [0.4, 0.5) is 11.6 Å². The lowest BCUT2D eigenvalue weighted by Crippen LogP contribution is -2.40. The van der Waals surface area contributed by atoms with E-state index in [4.69, 9.17) is 11.5 Å². The quantitative estimate of drug-likeness (QED) is 0.558. The molecule has 1 rings (SSSR count). The molecule has 1 aromatic rings. The summed E-state index contributed by atoms with van der Waals surface area (Å²) in [5.74, 6) is -0.207. The SMILES string of the molecule is CCCNc1cncc(N(CC(N)=O)CC(N)=O)n1. The number of hydrogen-bond acceptors (Lipinski definition) is 6. The molecule has 0 aromatic carbocycles. The summed E-state index contributed by atoms with van der Waals surface area (Å²) in [7, 11) is 0. The number of nitrogens with zero attached hydrogens (tertiary/aromatic N) is 3. The molecule has 5 N–H and O–H groups in total. The fourth-order valence-corrected chi connectivity index (χ4v) is 1.44. The minimum atomic E-state index is -0.574. The molecule has 0 spiro atoms. The van der Waals surface area contributed by atoms with Crippen LogP contribution >= 0.6 is 0 Å². The van der Waals surface area contributed by atoms with Gasteiger partial charge < -0.3 is 21.7 Å². The normalized spacial score (nSPS) is 9.95. The zero-order valence-corrected chi connectivity index (χ0v) is 10.8. The zero-order valence-electron chi connectivity index (χ0n) is 10.8. The standard InChI is InChI=1S/C11H18N6O2/c1-2-3-15-10-4-14-5-11(16-10)17(6-8(12)18)7-9(13)19/h4-5H,2-3,6-7H2,1H3,(H2,12,18)(H2,13,19)(H,15,16). The van der Waals surface area contributed by atoms with Gasteiger partial charge >= 0.3 is 0 Å². The Balaban J connectivity index is 2.87. The molecule has 8 nitrogen and oxygen atoms in total. The molecule has 1 aromatic heterocycles. The average molecular weight is 266 g/mol. The van der Waals surface area contributed by atoms with Gasteiger partial charge in [0.2, 0.25) is 11.8 Å². The number of nitrogens with one attached hydrogen (secondary N) is 1. The largest absolute Gasteiger partial charge is 0.369 e. The smallest absolute Gasteiger partial charge is 0.237 e. The van der Waals surface area contributed by atoms with E-state index in [-0.39, 0.29) is 13.1 Å². The molecule has 0 aliphatic carbocycles. The third-order valence-corrected chi connectivity index (χ3v) is 2.20. The summed E-state index contributed by atoms with van der Waals surface area (Å²) in [5.41, 5.74) is 10.3. The lowest BCUT2D eigenvalue weighted by molar-refractivity contribution is -0.117. The van der Waals surface area contributed by atoms with Crippen molar-refractivity contribution in [1.82, 2.24) is 9.97 Å². The third-order valence-electron chi connectivity index (χ3n) is 2.20. The van der Waals surface area contributed by atoms with Crippen LogP contribution in [-0.2, 0) is 9.59 Å². The number of rotatable bonds is 8. The Bertz CT molecular complexity index is 435. The Kier molecular flexibility index (Phi) is 5.52. The second kappa shape index (κ2) is 7.14. The summed E-state index contributed by atoms with van der Waals surface area (Å²) in [5, 5.41) is 3.06. The van der Waals surface area contributed by atoms with Crippen molar-refractivity contribution in [1.29, 1.82) is 0 Å². The van der Waals surface area contributed by atoms with Crippen molar-refractivity contribution in [2.45, 2.75) is 13.3 Å². The van der Waals surface area contributed by atoms with Gasteiger partial charge in [0.05, 0.1) is 25.5 Å². The summed E-state index contributed by atoms with van der Waals surface area (Å²) in [6, 6.07) is 0. The van der Waals surface area contributed by atoms with Gasteiger partial charge in [-0.25, -0.2) is 4.98 Å². The molecule has 0 fully saturated rings. The molecule has 0 aliphatic heterocycles. The van der Waals surface area contributed by atoms with Crippen molar-refractivity contribution in [3.63, 3.8) is 0 Å². The predicted molar refractivity (Wildman–Crippen MR) is 71.4 cm³/mol. The molecule has 0 atom stereocenters. The maximum Gasteiger partial charge on any atom is 0.237 e. The first-order valence-corrected chi connectivity index (χ1v) is 5.90. The molecular weight excluding hydrogens is 248 g/mol. The predicted octanol–water partition coefficient (Wildman–Crippen LogP) is -0.924. The van der Waals surface area contributed by atoms with Gasteiger partial charge in [-0.05, 0) is 6.42 Å². The topological polar surface area (TPSA) is 127 Å².